The molecule has 3 aromatic heterocycles. The van der Waals surface area contributed by atoms with Crippen LogP contribution in [0, 0.1) is 25.5 Å². The van der Waals surface area contributed by atoms with E-state index < -0.39 is 0 Å². The Balaban J connectivity index is 0.000000107. The molecule has 2 unspecified atom stereocenters. The van der Waals surface area contributed by atoms with Crippen LogP contribution in [0.3, 0.4) is 0 Å². The molecule has 9 aliphatic rings. The largest absolute Gasteiger partial charge is 0.493 e. The van der Waals surface area contributed by atoms with Crippen LogP contribution in [0.2, 0.25) is 0 Å². The van der Waals surface area contributed by atoms with Crippen molar-refractivity contribution in [2.45, 2.75) is 166 Å². The molecular formula is C94H92IrN14-4. The molecule has 551 valence electrons. The summed E-state index contributed by atoms with van der Waals surface area (Å²) in [5, 5.41) is 0. The van der Waals surface area contributed by atoms with Crippen LogP contribution in [-0.2, 0) is 65.4 Å². The molecule has 15 heteroatoms. The smallest absolute Gasteiger partial charge is 0.178 e. The maximum Gasteiger partial charge on any atom is 0.178 e. The van der Waals surface area contributed by atoms with Gasteiger partial charge in [-0.25, -0.2) is 29.9 Å². The van der Waals surface area contributed by atoms with Crippen molar-refractivity contribution in [3.63, 3.8) is 0 Å². The number of nitrogens with zero attached hydrogens (tertiary/aromatic N) is 14. The average Bonchev–Trinajstić information content (AvgIpc) is 1.57. The SMILES string of the molecule is CC1(C)CC(C)(C)c2nc3c(nc21)N(c1[c-]cccc1)[CH-]N3c1ccccc1.CC1(C)CC(C)(C)c2nc3c(nc21)N(c1ccccc1)C1Cc2ccccc2N31.CC1(C)CCC(C)(C)c2nc3c(nc21)N(c1ccccc1)C1Cc2ccccc2N31.[Ir].[c-]1ccccc1N1[CH-]N(c2ccccc2)c2ccccc21. The molecule has 3 aliphatic carbocycles. The normalized spacial score (nSPS) is 19.5. The number of rotatable bonds is 6. The third-order valence-electron chi connectivity index (χ3n) is 23.3. The van der Waals surface area contributed by atoms with E-state index in [1.165, 1.54) is 62.3 Å². The Hall–Kier alpha value is -10.7. The van der Waals surface area contributed by atoms with Crippen molar-refractivity contribution < 1.29 is 20.1 Å². The summed E-state index contributed by atoms with van der Waals surface area (Å²) < 4.78 is 0. The van der Waals surface area contributed by atoms with Gasteiger partial charge in [-0.2, -0.15) is 60.7 Å². The van der Waals surface area contributed by atoms with Crippen LogP contribution in [0.25, 0.3) is 0 Å². The van der Waals surface area contributed by atoms with E-state index in [2.05, 4.69) is 330 Å². The molecule has 0 spiro atoms. The van der Waals surface area contributed by atoms with E-state index in [0.717, 1.165) is 113 Å². The van der Waals surface area contributed by atoms with Crippen molar-refractivity contribution in [3.05, 3.63) is 313 Å². The fraction of sp³-hybridized carbons (Fsp3) is 0.277. The molecule has 9 aromatic carbocycles. The topological polar surface area (TPSA) is 103 Å². The first-order valence-electron chi connectivity index (χ1n) is 38.3. The molecule has 0 amide bonds. The molecule has 9 heterocycles. The summed E-state index contributed by atoms with van der Waals surface area (Å²) in [7, 11) is 0. The minimum Gasteiger partial charge on any atom is -0.493 e. The second-order valence-corrected chi connectivity index (χ2v) is 34.0. The third-order valence-corrected chi connectivity index (χ3v) is 23.3. The number of fused-ring (bicyclic) bond motifs is 15. The number of hydrogen-bond donors (Lipinski definition) is 0. The Bertz CT molecular complexity index is 5170. The minimum atomic E-state index is 0. The van der Waals surface area contributed by atoms with Gasteiger partial charge in [0.25, 0.3) is 0 Å². The van der Waals surface area contributed by atoms with Gasteiger partial charge in [-0.3, -0.25) is 0 Å². The van der Waals surface area contributed by atoms with Gasteiger partial charge in [-0.15, -0.1) is 24.7 Å². The summed E-state index contributed by atoms with van der Waals surface area (Å²) >= 11 is 0. The summed E-state index contributed by atoms with van der Waals surface area (Å²) in [6.07, 6.45) is 6.73. The third kappa shape index (κ3) is 12.2. The molecule has 12 aromatic rings. The van der Waals surface area contributed by atoms with E-state index in [-0.39, 0.29) is 64.9 Å². The van der Waals surface area contributed by atoms with E-state index in [4.69, 9.17) is 29.9 Å². The zero-order valence-electron chi connectivity index (χ0n) is 64.2. The Kier molecular flexibility index (Phi) is 17.5. The van der Waals surface area contributed by atoms with Crippen LogP contribution >= 0.6 is 0 Å². The van der Waals surface area contributed by atoms with Gasteiger partial charge in [-0.05, 0) is 110 Å². The molecule has 0 bridgehead atoms. The monoisotopic (exact) mass is 1610 g/mol. The minimum absolute atomic E-state index is 0. The Morgan fingerprint density at radius 1 is 0.284 bits per heavy atom. The van der Waals surface area contributed by atoms with Crippen molar-refractivity contribution in [1.29, 1.82) is 0 Å². The van der Waals surface area contributed by atoms with Crippen molar-refractivity contribution in [2.24, 2.45) is 0 Å². The maximum absolute atomic E-state index is 5.38. The van der Waals surface area contributed by atoms with Crippen molar-refractivity contribution >= 4 is 91.8 Å². The zero-order valence-corrected chi connectivity index (χ0v) is 66.6. The van der Waals surface area contributed by atoms with E-state index >= 15 is 0 Å². The number of anilines is 16. The number of para-hydroxylation sites is 10. The van der Waals surface area contributed by atoms with E-state index in [0.29, 0.717) is 0 Å². The second kappa shape index (κ2) is 26.8. The number of hydrogen-bond acceptors (Lipinski definition) is 14. The predicted octanol–water partition coefficient (Wildman–Crippen LogP) is 22.1. The van der Waals surface area contributed by atoms with Gasteiger partial charge in [0.05, 0.1) is 34.2 Å². The van der Waals surface area contributed by atoms with Crippen molar-refractivity contribution in [3.8, 4) is 0 Å². The van der Waals surface area contributed by atoms with E-state index in [1.807, 2.05) is 60.7 Å². The first-order chi connectivity index (χ1) is 52.0. The van der Waals surface area contributed by atoms with Crippen molar-refractivity contribution in [1.82, 2.24) is 29.9 Å². The standard InChI is InChI=1S/C26H28N4.C25H26N4.C24H24N4.C19H14N2.Ir/c1-25(2)14-15-26(3,4)22-21(25)27-23-24(28-22)30-19-13-9-8-10-17(19)16-20(30)29(23)18-11-6-5-7-12-18;1-24(2)15-25(3,4)21-20(24)26-22-23(27-21)29-18-13-9-8-10-16(18)14-19(29)28(22)17-11-6-5-7-12-17;1-23(2)15-24(3,4)20-19(23)25-21-22(26-20)28(18-13-9-6-10-14-18)16-27(21)17-11-7-5-8-12-17;1-3-9-16(10-4-1)20-15-21(17-11-5-2-6-12-17)19-14-8-7-13-18(19)20;/h5-13,20H,14-16H2,1-4H3;5-13,19H,14-15H2,1-4H3;5-13,16H,15H2,1-4H3;1-11,13-15H;/q;;2*-2;. The first-order valence-corrected chi connectivity index (χ1v) is 38.3. The van der Waals surface area contributed by atoms with Gasteiger partial charge >= 0.3 is 0 Å². The number of benzene rings is 9. The fourth-order valence-corrected chi connectivity index (χ4v) is 18.5. The van der Waals surface area contributed by atoms with E-state index in [9.17, 15) is 0 Å². The average molecular weight is 1610 g/mol. The van der Waals surface area contributed by atoms with Gasteiger partial charge in [0.15, 0.2) is 23.3 Å². The summed E-state index contributed by atoms with van der Waals surface area (Å²) in [4.78, 5) is 50.0. The van der Waals surface area contributed by atoms with Gasteiger partial charge in [0.2, 0.25) is 0 Å². The molecule has 21 rings (SSSR count). The predicted molar refractivity (Wildman–Crippen MR) is 439 cm³/mol. The Labute approximate surface area is 656 Å². The molecule has 0 saturated carbocycles. The molecule has 0 N–H and O–H groups in total. The summed E-state index contributed by atoms with van der Waals surface area (Å²) in [6, 6.07) is 90.5. The second-order valence-electron chi connectivity index (χ2n) is 34.0. The van der Waals surface area contributed by atoms with Crippen molar-refractivity contribution in [2.75, 3.05) is 39.2 Å². The molecule has 14 nitrogen and oxygen atoms in total. The van der Waals surface area contributed by atoms with Gasteiger partial charge < -0.3 is 39.2 Å². The van der Waals surface area contributed by atoms with Gasteiger partial charge in [-0.1, -0.05) is 204 Å². The Morgan fingerprint density at radius 2 is 0.578 bits per heavy atom. The Morgan fingerprint density at radius 3 is 0.972 bits per heavy atom. The van der Waals surface area contributed by atoms with E-state index in [1.54, 1.807) is 0 Å². The molecular weight excluding hydrogens is 1520 g/mol. The first kappa shape index (κ1) is 71.2. The van der Waals surface area contributed by atoms with Crippen LogP contribution in [0.5, 0.6) is 0 Å². The quantitative estimate of drug-likeness (QED) is 0.148. The van der Waals surface area contributed by atoms with Crippen LogP contribution in [0.4, 0.5) is 91.8 Å². The maximum atomic E-state index is 5.38. The van der Waals surface area contributed by atoms with Crippen LogP contribution < -0.4 is 39.2 Å². The van der Waals surface area contributed by atoms with Crippen LogP contribution in [0.1, 0.15) is 154 Å². The van der Waals surface area contributed by atoms with Gasteiger partial charge in [0.1, 0.15) is 24.0 Å². The summed E-state index contributed by atoms with van der Waals surface area (Å²) in [6.45, 7) is 31.8. The molecule has 0 saturated heterocycles. The zero-order chi connectivity index (χ0) is 74.2. The molecule has 6 aliphatic heterocycles. The molecule has 109 heavy (non-hydrogen) atoms. The van der Waals surface area contributed by atoms with Crippen LogP contribution in [0.15, 0.2) is 243 Å². The molecule has 1 radical (unpaired) electrons. The number of aromatic nitrogens is 6. The summed E-state index contributed by atoms with van der Waals surface area (Å²) in [5.74, 6) is 5.78. The summed E-state index contributed by atoms with van der Waals surface area (Å²) in [5.41, 5.74) is 21.3. The molecule has 0 fully saturated rings. The molecule has 2 atom stereocenters. The van der Waals surface area contributed by atoms with Crippen LogP contribution in [-0.4, -0.2) is 42.2 Å². The fourth-order valence-electron chi connectivity index (χ4n) is 18.5. The van der Waals surface area contributed by atoms with Gasteiger partial charge in [0, 0.05) is 111 Å².